The second kappa shape index (κ2) is 7.31. The number of carbonyl (C=O) groups excluding carboxylic acids is 1. The molecule has 0 bridgehead atoms. The van der Waals surface area contributed by atoms with E-state index in [-0.39, 0.29) is 23.5 Å². The van der Waals surface area contributed by atoms with Crippen molar-refractivity contribution in [3.05, 3.63) is 55.8 Å². The first-order chi connectivity index (χ1) is 11.7. The van der Waals surface area contributed by atoms with Gasteiger partial charge in [-0.2, -0.15) is 5.26 Å². The van der Waals surface area contributed by atoms with Gasteiger partial charge < -0.3 is 10.3 Å². The first-order valence-electron chi connectivity index (χ1n) is 8.11. The Bertz CT molecular complexity index is 913. The van der Waals surface area contributed by atoms with Crippen molar-refractivity contribution >= 4 is 11.6 Å². The molecule has 0 aliphatic heterocycles. The lowest BCUT2D eigenvalue weighted by Crippen LogP contribution is -2.19. The summed E-state index contributed by atoms with van der Waals surface area (Å²) in [5.41, 5.74) is 5.30. The Kier molecular flexibility index (Phi) is 5.38. The largest absolute Gasteiger partial charge is 0.325 e. The number of carbonyl (C=O) groups is 1. The summed E-state index contributed by atoms with van der Waals surface area (Å²) in [6.45, 7) is 9.24. The first kappa shape index (κ1) is 18.4. The summed E-state index contributed by atoms with van der Waals surface area (Å²) in [6.07, 6.45) is 0.706. The van der Waals surface area contributed by atoms with Crippen LogP contribution in [-0.4, -0.2) is 15.9 Å². The fraction of sp³-hybridized carbons (Fsp3) is 0.368. The minimum absolute atomic E-state index is 0.107. The van der Waals surface area contributed by atoms with Gasteiger partial charge >= 0.3 is 0 Å². The maximum atomic E-state index is 12.3. The molecule has 0 aromatic carbocycles. The zero-order chi connectivity index (χ0) is 18.7. The van der Waals surface area contributed by atoms with Gasteiger partial charge in [0.2, 0.25) is 5.91 Å². The number of anilines is 1. The van der Waals surface area contributed by atoms with Gasteiger partial charge in [-0.3, -0.25) is 14.6 Å². The van der Waals surface area contributed by atoms with Crippen molar-refractivity contribution in [3.63, 3.8) is 0 Å². The number of aryl methyl sites for hydroxylation is 4. The van der Waals surface area contributed by atoms with Gasteiger partial charge in [0, 0.05) is 17.8 Å². The van der Waals surface area contributed by atoms with Gasteiger partial charge in [-0.15, -0.1) is 0 Å². The normalized spacial score (nSPS) is 10.4. The van der Waals surface area contributed by atoms with E-state index in [1.54, 1.807) is 13.8 Å². The number of aromatic nitrogens is 2. The molecule has 6 nitrogen and oxygen atoms in total. The molecule has 0 aliphatic carbocycles. The molecule has 130 valence electrons. The van der Waals surface area contributed by atoms with Gasteiger partial charge in [-0.1, -0.05) is 0 Å². The number of nitriles is 1. The molecule has 25 heavy (non-hydrogen) atoms. The van der Waals surface area contributed by atoms with Gasteiger partial charge in [0.05, 0.1) is 11.4 Å². The number of nitrogens with one attached hydrogen (secondary N) is 2. The molecule has 0 atom stereocenters. The molecular weight excluding hydrogens is 316 g/mol. The predicted octanol–water partition coefficient (Wildman–Crippen LogP) is 2.75. The van der Waals surface area contributed by atoms with E-state index in [4.69, 9.17) is 5.26 Å². The van der Waals surface area contributed by atoms with E-state index in [2.05, 4.69) is 15.3 Å². The van der Waals surface area contributed by atoms with Crippen LogP contribution in [0.5, 0.6) is 0 Å². The van der Waals surface area contributed by atoms with E-state index >= 15 is 0 Å². The lowest BCUT2D eigenvalue weighted by molar-refractivity contribution is -0.116. The summed E-state index contributed by atoms with van der Waals surface area (Å²) in [5.74, 6) is -0.125. The van der Waals surface area contributed by atoms with Crippen LogP contribution < -0.4 is 10.9 Å². The van der Waals surface area contributed by atoms with Crippen molar-refractivity contribution in [1.29, 1.82) is 5.26 Å². The van der Waals surface area contributed by atoms with Crippen LogP contribution in [-0.2, 0) is 11.2 Å². The number of pyridine rings is 2. The number of aromatic amines is 1. The third kappa shape index (κ3) is 3.94. The maximum absolute atomic E-state index is 12.3. The summed E-state index contributed by atoms with van der Waals surface area (Å²) in [5, 5.41) is 12.0. The fourth-order valence-electron chi connectivity index (χ4n) is 3.07. The molecule has 2 rings (SSSR count). The van der Waals surface area contributed by atoms with Crippen molar-refractivity contribution < 1.29 is 4.79 Å². The zero-order valence-corrected chi connectivity index (χ0v) is 15.2. The van der Waals surface area contributed by atoms with Gasteiger partial charge in [-0.25, -0.2) is 0 Å². The highest BCUT2D eigenvalue weighted by molar-refractivity contribution is 5.92. The lowest BCUT2D eigenvalue weighted by Gasteiger charge is -2.13. The molecule has 0 saturated carbocycles. The summed E-state index contributed by atoms with van der Waals surface area (Å²) in [6, 6.07) is 3.85. The lowest BCUT2D eigenvalue weighted by atomic mass is 9.99. The van der Waals surface area contributed by atoms with E-state index in [9.17, 15) is 9.59 Å². The Hall–Kier alpha value is -2.94. The van der Waals surface area contributed by atoms with Crippen molar-refractivity contribution in [1.82, 2.24) is 9.97 Å². The van der Waals surface area contributed by atoms with Gasteiger partial charge in [0.25, 0.3) is 5.56 Å². The molecule has 0 fully saturated rings. The molecule has 2 heterocycles. The highest BCUT2D eigenvalue weighted by Gasteiger charge is 2.14. The molecule has 0 radical (unpaired) electrons. The zero-order valence-electron chi connectivity index (χ0n) is 15.2. The maximum Gasteiger partial charge on any atom is 0.266 e. The summed E-state index contributed by atoms with van der Waals surface area (Å²) >= 11 is 0. The number of H-pyrrole nitrogens is 1. The second-order valence-corrected chi connectivity index (χ2v) is 6.26. The highest BCUT2D eigenvalue weighted by Crippen LogP contribution is 2.20. The number of hydrogen-bond donors (Lipinski definition) is 2. The van der Waals surface area contributed by atoms with Crippen LogP contribution in [0.2, 0.25) is 0 Å². The number of hydrogen-bond acceptors (Lipinski definition) is 4. The van der Waals surface area contributed by atoms with Crippen LogP contribution in [0, 0.1) is 45.9 Å². The van der Waals surface area contributed by atoms with Crippen molar-refractivity contribution in [2.24, 2.45) is 0 Å². The molecule has 2 aromatic rings. The summed E-state index contributed by atoms with van der Waals surface area (Å²) < 4.78 is 0. The second-order valence-electron chi connectivity index (χ2n) is 6.26. The average molecular weight is 338 g/mol. The minimum Gasteiger partial charge on any atom is -0.325 e. The Morgan fingerprint density at radius 3 is 2.56 bits per heavy atom. The van der Waals surface area contributed by atoms with Gasteiger partial charge in [0.15, 0.2) is 0 Å². The number of amides is 1. The topological polar surface area (TPSA) is 98.6 Å². The third-order valence-electron chi connectivity index (χ3n) is 4.31. The first-order valence-corrected chi connectivity index (χ1v) is 8.11. The number of rotatable bonds is 4. The van der Waals surface area contributed by atoms with E-state index in [1.165, 1.54) is 0 Å². The molecule has 0 spiro atoms. The van der Waals surface area contributed by atoms with E-state index < -0.39 is 0 Å². The Balaban J connectivity index is 2.17. The van der Waals surface area contributed by atoms with Crippen LogP contribution in [0.1, 0.15) is 45.8 Å². The van der Waals surface area contributed by atoms with Crippen molar-refractivity contribution in [2.45, 2.75) is 47.5 Å². The monoisotopic (exact) mass is 338 g/mol. The third-order valence-corrected chi connectivity index (χ3v) is 4.31. The van der Waals surface area contributed by atoms with Crippen LogP contribution in [0.3, 0.4) is 0 Å². The molecule has 2 N–H and O–H groups in total. The minimum atomic E-state index is -0.386. The molecule has 0 aliphatic rings. The van der Waals surface area contributed by atoms with Crippen LogP contribution in [0.25, 0.3) is 0 Å². The van der Waals surface area contributed by atoms with E-state index in [1.807, 2.05) is 32.9 Å². The van der Waals surface area contributed by atoms with Crippen molar-refractivity contribution in [3.8, 4) is 6.07 Å². The molecule has 0 unspecified atom stereocenters. The van der Waals surface area contributed by atoms with Crippen molar-refractivity contribution in [2.75, 3.05) is 5.32 Å². The molecular formula is C19H22N4O2. The quantitative estimate of drug-likeness (QED) is 0.895. The highest BCUT2D eigenvalue weighted by atomic mass is 16.1. The summed E-state index contributed by atoms with van der Waals surface area (Å²) in [7, 11) is 0. The summed E-state index contributed by atoms with van der Waals surface area (Å²) in [4.78, 5) is 31.2. The molecule has 6 heteroatoms. The Labute approximate surface area is 146 Å². The average Bonchev–Trinajstić information content (AvgIpc) is 2.50. The standard InChI is InChI=1S/C19H22N4O2/c1-10-8-11(2)21-14(5)18(10)23-17(24)7-6-15-12(3)16(9-20)19(25)22-13(15)4/h8H,6-7H2,1-5H3,(H,22,25)(H,23,24). The van der Waals surface area contributed by atoms with Crippen LogP contribution >= 0.6 is 0 Å². The van der Waals surface area contributed by atoms with E-state index in [0.29, 0.717) is 17.7 Å². The van der Waals surface area contributed by atoms with Gasteiger partial charge in [0.1, 0.15) is 11.6 Å². The number of nitrogens with zero attached hydrogens (tertiary/aromatic N) is 2. The molecule has 2 aromatic heterocycles. The SMILES string of the molecule is Cc1cc(C)c(NC(=O)CCc2c(C)[nH]c(=O)c(C#N)c2C)c(C)n1. The molecule has 0 saturated heterocycles. The molecule has 1 amide bonds. The van der Waals surface area contributed by atoms with Crippen LogP contribution in [0.4, 0.5) is 5.69 Å². The fourth-order valence-corrected chi connectivity index (χ4v) is 3.07. The Morgan fingerprint density at radius 2 is 1.96 bits per heavy atom. The Morgan fingerprint density at radius 1 is 1.28 bits per heavy atom. The predicted molar refractivity (Wildman–Crippen MR) is 96.7 cm³/mol. The van der Waals surface area contributed by atoms with Crippen LogP contribution in [0.15, 0.2) is 10.9 Å². The smallest absolute Gasteiger partial charge is 0.266 e. The van der Waals surface area contributed by atoms with Gasteiger partial charge in [-0.05, 0) is 63.8 Å². The van der Waals surface area contributed by atoms with E-state index in [0.717, 1.165) is 28.2 Å².